The summed E-state index contributed by atoms with van der Waals surface area (Å²) in [7, 11) is 1.68. The maximum Gasteiger partial charge on any atom is 0.251 e. The molecule has 1 aliphatic heterocycles. The molecule has 0 amide bonds. The summed E-state index contributed by atoms with van der Waals surface area (Å²) in [6.07, 6.45) is 7.30. The normalized spacial score (nSPS) is 21.4. The second-order valence-electron chi connectivity index (χ2n) is 10.5. The van der Waals surface area contributed by atoms with Crippen molar-refractivity contribution in [2.75, 3.05) is 26.2 Å². The molecule has 4 rings (SSSR count). The molecule has 1 saturated carbocycles. The summed E-state index contributed by atoms with van der Waals surface area (Å²) in [4.78, 5) is 18.7. The first-order chi connectivity index (χ1) is 19.2. The third kappa shape index (κ3) is 11.3. The highest BCUT2D eigenvalue weighted by molar-refractivity contribution is 6.30. The number of aromatic nitrogens is 1. The fourth-order valence-electron chi connectivity index (χ4n) is 5.48. The first-order valence-corrected chi connectivity index (χ1v) is 14.1. The van der Waals surface area contributed by atoms with Crippen molar-refractivity contribution in [1.82, 2.24) is 20.5 Å². The minimum absolute atomic E-state index is 0.0810. The highest BCUT2D eigenvalue weighted by Crippen LogP contribution is 2.41. The highest BCUT2D eigenvalue weighted by Gasteiger charge is 2.33. The van der Waals surface area contributed by atoms with Gasteiger partial charge in [-0.05, 0) is 81.3 Å². The van der Waals surface area contributed by atoms with E-state index in [0.29, 0.717) is 29.8 Å². The topological polar surface area (TPSA) is 75.2 Å². The van der Waals surface area contributed by atoms with Gasteiger partial charge in [-0.15, -0.1) is 0 Å². The Hall–Kier alpha value is -2.27. The Labute approximate surface area is 238 Å². The molecule has 1 aliphatic carbocycles. The van der Waals surface area contributed by atoms with Gasteiger partial charge in [0.25, 0.3) is 12.0 Å². The van der Waals surface area contributed by atoms with Gasteiger partial charge in [0.05, 0.1) is 6.54 Å². The van der Waals surface area contributed by atoms with Gasteiger partial charge in [0.1, 0.15) is 18.4 Å². The lowest BCUT2D eigenvalue weighted by atomic mass is 9.81. The van der Waals surface area contributed by atoms with E-state index < -0.39 is 30.6 Å². The number of carbonyl (C=O) groups is 1. The van der Waals surface area contributed by atoms with Crippen molar-refractivity contribution in [3.05, 3.63) is 69.1 Å². The molecule has 0 bridgehead atoms. The monoisotopic (exact) mass is 588 g/mol. The predicted octanol–water partition coefficient (Wildman–Crippen LogP) is 5.40. The molecule has 0 radical (unpaired) electrons. The Morgan fingerprint density at radius 2 is 1.80 bits per heavy atom. The van der Waals surface area contributed by atoms with E-state index in [2.05, 4.69) is 16.0 Å². The molecule has 1 spiro atoms. The van der Waals surface area contributed by atoms with E-state index in [1.165, 1.54) is 42.4 Å². The third-order valence-corrected chi connectivity index (χ3v) is 7.82. The van der Waals surface area contributed by atoms with Crippen molar-refractivity contribution in [1.29, 1.82) is 0 Å². The summed E-state index contributed by atoms with van der Waals surface area (Å²) in [5.74, 6) is -0.952. The largest absolute Gasteiger partial charge is 0.319 e. The van der Waals surface area contributed by atoms with E-state index >= 15 is 0 Å². The van der Waals surface area contributed by atoms with Crippen LogP contribution in [-0.4, -0.2) is 50.0 Å². The summed E-state index contributed by atoms with van der Waals surface area (Å²) in [6, 6.07) is 5.88. The van der Waals surface area contributed by atoms with E-state index in [1.807, 2.05) is 6.79 Å². The fourth-order valence-corrected chi connectivity index (χ4v) is 5.63. The molecule has 40 heavy (non-hydrogen) atoms. The van der Waals surface area contributed by atoms with Crippen LogP contribution in [0.1, 0.15) is 63.0 Å². The van der Waals surface area contributed by atoms with Crippen molar-refractivity contribution in [2.24, 2.45) is 12.5 Å². The number of benzene rings is 1. The standard InChI is InChI=1S/C22H33F4N3.C6H6ClNO.CH2O/c23-16-4-5-19(24)18(12-16)20-13-17(29-14-21(25)26)6-11-27-15-22(7-1-2-8-22)9-3-10-28-20;1-8-3-2-5(7)4-6(8)9;1-2/h4-5,12,17,20-21,27-29H,1-3,6-11,13-15H2;2-4H,1H3;1H2. The Morgan fingerprint density at radius 3 is 2.45 bits per heavy atom. The number of aryl methyl sites for hydroxylation is 1. The van der Waals surface area contributed by atoms with Gasteiger partial charge in [-0.2, -0.15) is 0 Å². The number of pyridine rings is 1. The van der Waals surface area contributed by atoms with Gasteiger partial charge < -0.3 is 25.3 Å². The average molecular weight is 589 g/mol. The Morgan fingerprint density at radius 1 is 1.10 bits per heavy atom. The summed E-state index contributed by atoms with van der Waals surface area (Å²) in [6.45, 7) is 3.99. The van der Waals surface area contributed by atoms with Crippen molar-refractivity contribution in [3.8, 4) is 0 Å². The molecular formula is C29H41ClF4N4O2. The maximum absolute atomic E-state index is 14.4. The molecule has 6 nitrogen and oxygen atoms in total. The summed E-state index contributed by atoms with van der Waals surface area (Å²) in [5.41, 5.74) is 0.503. The first-order valence-electron chi connectivity index (χ1n) is 13.7. The number of hydrogen-bond donors (Lipinski definition) is 3. The number of nitrogens with one attached hydrogen (secondary N) is 3. The fraction of sp³-hybridized carbons (Fsp3) is 0.586. The van der Waals surface area contributed by atoms with Crippen LogP contribution >= 0.6 is 11.6 Å². The second kappa shape index (κ2) is 17.5. The molecule has 2 fully saturated rings. The maximum atomic E-state index is 14.4. The Bertz CT molecular complexity index is 1080. The number of halogens is 5. The van der Waals surface area contributed by atoms with Gasteiger partial charge >= 0.3 is 0 Å². The summed E-state index contributed by atoms with van der Waals surface area (Å²) in [5, 5.41) is 10.3. The van der Waals surface area contributed by atoms with Crippen molar-refractivity contribution < 1.29 is 22.4 Å². The lowest BCUT2D eigenvalue weighted by molar-refractivity contribution is -0.0980. The Balaban J connectivity index is 0.000000428. The van der Waals surface area contributed by atoms with Crippen LogP contribution in [0.4, 0.5) is 17.6 Å². The average Bonchev–Trinajstić information content (AvgIpc) is 3.40. The van der Waals surface area contributed by atoms with Crippen LogP contribution in [0.5, 0.6) is 0 Å². The van der Waals surface area contributed by atoms with E-state index in [4.69, 9.17) is 16.4 Å². The highest BCUT2D eigenvalue weighted by atomic mass is 35.5. The zero-order valence-electron chi connectivity index (χ0n) is 23.0. The van der Waals surface area contributed by atoms with Crippen LogP contribution in [-0.2, 0) is 11.8 Å². The van der Waals surface area contributed by atoms with Crippen molar-refractivity contribution in [2.45, 2.75) is 69.9 Å². The molecule has 1 aromatic carbocycles. The molecule has 2 aliphatic rings. The van der Waals surface area contributed by atoms with Gasteiger partial charge in [0, 0.05) is 48.5 Å². The van der Waals surface area contributed by atoms with E-state index in [1.54, 1.807) is 19.3 Å². The van der Waals surface area contributed by atoms with Crippen molar-refractivity contribution >= 4 is 18.4 Å². The Kier molecular flexibility index (Phi) is 14.9. The molecule has 2 aromatic rings. The number of carbonyl (C=O) groups excluding carboxylic acids is 1. The van der Waals surface area contributed by atoms with Crippen LogP contribution in [0.2, 0.25) is 5.02 Å². The third-order valence-electron chi connectivity index (χ3n) is 7.59. The molecule has 1 aromatic heterocycles. The van der Waals surface area contributed by atoms with Gasteiger partial charge in [0.2, 0.25) is 0 Å². The minimum Gasteiger partial charge on any atom is -0.319 e. The minimum atomic E-state index is -2.44. The smallest absolute Gasteiger partial charge is 0.251 e. The number of hydrogen-bond acceptors (Lipinski definition) is 5. The molecule has 1 saturated heterocycles. The molecular weight excluding hydrogens is 548 g/mol. The molecule has 224 valence electrons. The number of nitrogens with zero attached hydrogens (tertiary/aromatic N) is 1. The first kappa shape index (κ1) is 33.9. The predicted molar refractivity (Wildman–Crippen MR) is 151 cm³/mol. The van der Waals surface area contributed by atoms with Crippen LogP contribution in [0.15, 0.2) is 41.3 Å². The second-order valence-corrected chi connectivity index (χ2v) is 10.9. The molecule has 11 heteroatoms. The molecule has 2 unspecified atom stereocenters. The summed E-state index contributed by atoms with van der Waals surface area (Å²) < 4.78 is 55.2. The lowest BCUT2D eigenvalue weighted by Gasteiger charge is -2.32. The lowest BCUT2D eigenvalue weighted by Crippen LogP contribution is -2.41. The van der Waals surface area contributed by atoms with Crippen LogP contribution in [0.25, 0.3) is 0 Å². The molecule has 3 N–H and O–H groups in total. The number of alkyl halides is 2. The quantitative estimate of drug-likeness (QED) is 0.417. The number of rotatable bonds is 4. The van der Waals surface area contributed by atoms with Gasteiger partial charge in [0.15, 0.2) is 0 Å². The molecule has 2 atom stereocenters. The van der Waals surface area contributed by atoms with Gasteiger partial charge in [-0.1, -0.05) is 24.4 Å². The van der Waals surface area contributed by atoms with E-state index in [0.717, 1.165) is 38.1 Å². The zero-order valence-corrected chi connectivity index (χ0v) is 23.8. The summed E-state index contributed by atoms with van der Waals surface area (Å²) >= 11 is 5.50. The van der Waals surface area contributed by atoms with Gasteiger partial charge in [-0.3, -0.25) is 4.79 Å². The van der Waals surface area contributed by atoms with Crippen LogP contribution < -0.4 is 21.5 Å². The molecule has 2 heterocycles. The van der Waals surface area contributed by atoms with Crippen LogP contribution in [0, 0.1) is 17.0 Å². The van der Waals surface area contributed by atoms with Gasteiger partial charge in [-0.25, -0.2) is 17.6 Å². The van der Waals surface area contributed by atoms with Crippen LogP contribution in [0.3, 0.4) is 0 Å². The zero-order chi connectivity index (χ0) is 29.5. The van der Waals surface area contributed by atoms with Crippen molar-refractivity contribution in [3.63, 3.8) is 0 Å². The van der Waals surface area contributed by atoms with E-state index in [-0.39, 0.29) is 17.2 Å². The SMILES string of the molecule is C=O.Cn1ccc(Cl)cc1=O.Fc1ccc(F)c(C2CC(NCC(F)F)CCNCC3(CCCC3)CCCN2)c1. The van der Waals surface area contributed by atoms with E-state index in [9.17, 15) is 22.4 Å².